The van der Waals surface area contributed by atoms with Crippen LogP contribution < -0.4 is 10.6 Å². The minimum Gasteiger partial charge on any atom is -0.481 e. The minimum absolute atomic E-state index is 0.0885. The predicted molar refractivity (Wildman–Crippen MR) is 152 cm³/mol. The molecular weight excluding hydrogens is 520 g/mol. The van der Waals surface area contributed by atoms with Crippen LogP contribution in [0.1, 0.15) is 48.8 Å². The lowest BCUT2D eigenvalue weighted by atomic mass is 9.98. The van der Waals surface area contributed by atoms with Crippen molar-refractivity contribution in [2.24, 2.45) is 11.3 Å². The number of carbonyl (C=O) groups excluding carboxylic acids is 2. The van der Waals surface area contributed by atoms with Gasteiger partial charge in [0, 0.05) is 12.0 Å². The summed E-state index contributed by atoms with van der Waals surface area (Å²) in [6.07, 6.45) is 0.302. The van der Waals surface area contributed by atoms with Gasteiger partial charge in [-0.15, -0.1) is 0 Å². The van der Waals surface area contributed by atoms with Crippen LogP contribution in [0.25, 0.3) is 11.1 Å². The largest absolute Gasteiger partial charge is 0.481 e. The van der Waals surface area contributed by atoms with Crippen LogP contribution in [-0.2, 0) is 25.7 Å². The summed E-state index contributed by atoms with van der Waals surface area (Å²) in [5.74, 6) is -1.23. The second kappa shape index (κ2) is 11.0. The molecule has 5 unspecified atom stereocenters. The molecule has 0 saturated heterocycles. The van der Waals surface area contributed by atoms with Gasteiger partial charge in [-0.2, -0.15) is 0 Å². The molecule has 3 aliphatic carbocycles. The summed E-state index contributed by atoms with van der Waals surface area (Å²) in [5, 5.41) is 15.3. The Labute approximate surface area is 239 Å². The molecule has 0 aliphatic heterocycles. The van der Waals surface area contributed by atoms with E-state index >= 15 is 0 Å². The lowest BCUT2D eigenvalue weighted by Gasteiger charge is -2.27. The fraction of sp³-hybridized carbons (Fsp3) is 0.364. The van der Waals surface area contributed by atoms with Gasteiger partial charge in [-0.3, -0.25) is 9.59 Å². The zero-order valence-electron chi connectivity index (χ0n) is 22.9. The first-order valence-electron chi connectivity index (χ1n) is 14.2. The minimum atomic E-state index is -1.02. The second-order valence-electron chi connectivity index (χ2n) is 11.5. The fourth-order valence-electron chi connectivity index (χ4n) is 6.62. The van der Waals surface area contributed by atoms with E-state index in [0.717, 1.165) is 27.8 Å². The van der Waals surface area contributed by atoms with Crippen LogP contribution in [0.3, 0.4) is 0 Å². The van der Waals surface area contributed by atoms with Crippen LogP contribution in [0.4, 0.5) is 4.79 Å². The summed E-state index contributed by atoms with van der Waals surface area (Å²) >= 11 is 0. The zero-order chi connectivity index (χ0) is 28.6. The molecule has 41 heavy (non-hydrogen) atoms. The summed E-state index contributed by atoms with van der Waals surface area (Å²) in [6.45, 7) is 2.13. The van der Waals surface area contributed by atoms with Gasteiger partial charge in [0.15, 0.2) is 0 Å². The van der Waals surface area contributed by atoms with Gasteiger partial charge >= 0.3 is 12.1 Å². The highest BCUT2D eigenvalue weighted by Crippen LogP contribution is 2.63. The Morgan fingerprint density at radius 1 is 0.927 bits per heavy atom. The lowest BCUT2D eigenvalue weighted by Crippen LogP contribution is -2.55. The van der Waals surface area contributed by atoms with Crippen molar-refractivity contribution in [1.82, 2.24) is 10.6 Å². The molecule has 0 heterocycles. The first-order valence-corrected chi connectivity index (χ1v) is 14.2. The van der Waals surface area contributed by atoms with E-state index in [1.807, 2.05) is 66.7 Å². The first kappa shape index (κ1) is 27.0. The summed E-state index contributed by atoms with van der Waals surface area (Å²) in [6, 6.07) is 24.5. The Kier molecular flexibility index (Phi) is 7.26. The molecule has 2 fully saturated rings. The number of carbonyl (C=O) groups is 3. The van der Waals surface area contributed by atoms with Crippen molar-refractivity contribution in [3.8, 4) is 11.1 Å². The summed E-state index contributed by atoms with van der Waals surface area (Å²) in [4.78, 5) is 38.3. The monoisotopic (exact) mass is 554 g/mol. The van der Waals surface area contributed by atoms with Crippen LogP contribution in [0.2, 0.25) is 0 Å². The number of carboxylic acid groups (broad SMARTS) is 1. The molecule has 3 aromatic carbocycles. The Bertz CT molecular complexity index is 1410. The third kappa shape index (κ3) is 5.32. The third-order valence-electron chi connectivity index (χ3n) is 8.91. The van der Waals surface area contributed by atoms with Gasteiger partial charge in [0.2, 0.25) is 5.91 Å². The summed E-state index contributed by atoms with van der Waals surface area (Å²) in [5.41, 5.74) is 4.68. The van der Waals surface area contributed by atoms with Crippen molar-refractivity contribution in [2.45, 2.75) is 56.9 Å². The standard InChI is InChI=1S/C33H34N2O6/c1-20(40-18-21-9-3-2-4-10-21)29(30(36)34-23-15-22-16-33(22,17-23)31(37)38)35-32(39)41-19-28-26-13-7-5-11-24(26)25-12-6-8-14-27(25)28/h2-14,20,22-23,28-29H,15-19H2,1H3,(H,34,36)(H,35,39)(H,37,38). The van der Waals surface area contributed by atoms with E-state index in [-0.39, 0.29) is 31.1 Å². The molecule has 3 aromatic rings. The molecule has 8 heteroatoms. The van der Waals surface area contributed by atoms with Crippen LogP contribution in [0.15, 0.2) is 78.9 Å². The van der Waals surface area contributed by atoms with E-state index in [0.29, 0.717) is 19.3 Å². The number of amides is 2. The molecule has 8 nitrogen and oxygen atoms in total. The number of hydrogen-bond donors (Lipinski definition) is 3. The molecule has 5 atom stereocenters. The molecule has 6 rings (SSSR count). The van der Waals surface area contributed by atoms with Crippen LogP contribution >= 0.6 is 0 Å². The maximum absolute atomic E-state index is 13.5. The molecule has 3 N–H and O–H groups in total. The highest BCUT2D eigenvalue weighted by atomic mass is 16.5. The van der Waals surface area contributed by atoms with Gasteiger partial charge in [-0.25, -0.2) is 4.79 Å². The number of benzene rings is 3. The fourth-order valence-corrected chi connectivity index (χ4v) is 6.62. The highest BCUT2D eigenvalue weighted by molar-refractivity contribution is 5.87. The van der Waals surface area contributed by atoms with Gasteiger partial charge in [0.05, 0.1) is 18.1 Å². The SMILES string of the molecule is CC(OCc1ccccc1)C(NC(=O)OCC1c2ccccc2-c2ccccc21)C(=O)NC1CC2CC2(C(=O)O)C1. The van der Waals surface area contributed by atoms with Gasteiger partial charge in [0.1, 0.15) is 12.6 Å². The number of fused-ring (bicyclic) bond motifs is 4. The van der Waals surface area contributed by atoms with Crippen LogP contribution in [-0.4, -0.2) is 47.9 Å². The predicted octanol–water partition coefficient (Wildman–Crippen LogP) is 4.87. The summed E-state index contributed by atoms with van der Waals surface area (Å²) in [7, 11) is 0. The zero-order valence-corrected chi connectivity index (χ0v) is 22.9. The van der Waals surface area contributed by atoms with Crippen LogP contribution in [0.5, 0.6) is 0 Å². The van der Waals surface area contributed by atoms with Crippen LogP contribution in [0, 0.1) is 11.3 Å². The summed E-state index contributed by atoms with van der Waals surface area (Å²) < 4.78 is 11.7. The van der Waals surface area contributed by atoms with Gasteiger partial charge in [-0.05, 0) is 59.9 Å². The van der Waals surface area contributed by atoms with Gasteiger partial charge < -0.3 is 25.2 Å². The average Bonchev–Trinajstić information content (AvgIpc) is 3.41. The van der Waals surface area contributed by atoms with Gasteiger partial charge in [-0.1, -0.05) is 78.9 Å². The average molecular weight is 555 g/mol. The lowest BCUT2D eigenvalue weighted by molar-refractivity contribution is -0.144. The smallest absolute Gasteiger partial charge is 0.407 e. The number of rotatable bonds is 10. The van der Waals surface area contributed by atoms with E-state index in [1.165, 1.54) is 0 Å². The van der Waals surface area contributed by atoms with Crippen molar-refractivity contribution in [1.29, 1.82) is 0 Å². The number of nitrogens with one attached hydrogen (secondary N) is 2. The maximum atomic E-state index is 13.5. The Hall–Kier alpha value is -4.17. The number of aliphatic carboxylic acids is 1. The number of hydrogen-bond acceptors (Lipinski definition) is 5. The van der Waals surface area contributed by atoms with Gasteiger partial charge in [0.25, 0.3) is 0 Å². The topological polar surface area (TPSA) is 114 Å². The van der Waals surface area contributed by atoms with Crippen molar-refractivity contribution >= 4 is 18.0 Å². The van der Waals surface area contributed by atoms with E-state index in [1.54, 1.807) is 6.92 Å². The van der Waals surface area contributed by atoms with E-state index < -0.39 is 35.5 Å². The molecule has 2 amide bonds. The molecule has 0 spiro atoms. The Morgan fingerprint density at radius 3 is 2.20 bits per heavy atom. The molecule has 0 radical (unpaired) electrons. The van der Waals surface area contributed by atoms with E-state index in [2.05, 4.69) is 22.8 Å². The van der Waals surface area contributed by atoms with Crippen molar-refractivity contribution in [3.05, 3.63) is 95.6 Å². The number of alkyl carbamates (subject to hydrolysis) is 1. The Morgan fingerprint density at radius 2 is 1.56 bits per heavy atom. The third-order valence-corrected chi connectivity index (χ3v) is 8.91. The molecule has 0 aromatic heterocycles. The quantitative estimate of drug-likeness (QED) is 0.330. The van der Waals surface area contributed by atoms with E-state index in [4.69, 9.17) is 9.47 Å². The van der Waals surface area contributed by atoms with Crippen molar-refractivity contribution < 1.29 is 29.0 Å². The maximum Gasteiger partial charge on any atom is 0.407 e. The second-order valence-corrected chi connectivity index (χ2v) is 11.5. The Balaban J connectivity index is 1.12. The van der Waals surface area contributed by atoms with E-state index in [9.17, 15) is 19.5 Å². The van der Waals surface area contributed by atoms with Crippen molar-refractivity contribution in [3.63, 3.8) is 0 Å². The normalized spacial score (nSPS) is 23.4. The highest BCUT2D eigenvalue weighted by Gasteiger charge is 2.65. The molecule has 2 saturated carbocycles. The molecule has 3 aliphatic rings. The van der Waals surface area contributed by atoms with Crippen molar-refractivity contribution in [2.75, 3.05) is 6.61 Å². The molecular formula is C33H34N2O6. The first-order chi connectivity index (χ1) is 19.9. The number of carboxylic acids is 1. The number of ether oxygens (including phenoxy) is 2. The molecule has 0 bridgehead atoms. The molecule has 212 valence electrons.